The SMILES string of the molecule is CC(C)OP1(=O)CCC(O)C1Cl. The summed E-state index contributed by atoms with van der Waals surface area (Å²) in [5.74, 6) is 0. The molecule has 1 saturated heterocycles. The molecule has 1 fully saturated rings. The lowest BCUT2D eigenvalue weighted by Crippen LogP contribution is -2.14. The van der Waals surface area contributed by atoms with Gasteiger partial charge in [0, 0.05) is 6.16 Å². The van der Waals surface area contributed by atoms with Crippen molar-refractivity contribution in [3.8, 4) is 0 Å². The standard InChI is InChI=1S/C7H14ClO3P/c1-5(2)11-12(10)4-3-6(9)7(12)8/h5-7,9H,3-4H2,1-2H3. The van der Waals surface area contributed by atoms with E-state index < -0.39 is 18.6 Å². The third-order valence-corrected chi connectivity index (χ3v) is 5.76. The molecule has 0 saturated carbocycles. The van der Waals surface area contributed by atoms with Gasteiger partial charge in [0.15, 0.2) is 0 Å². The molecule has 3 unspecified atom stereocenters. The Hall–Kier alpha value is 0.440. The molecule has 0 bridgehead atoms. The van der Waals surface area contributed by atoms with Gasteiger partial charge in [0.05, 0.1) is 12.2 Å². The lowest BCUT2D eigenvalue weighted by atomic mass is 10.3. The minimum Gasteiger partial charge on any atom is -0.391 e. The highest BCUT2D eigenvalue weighted by Crippen LogP contribution is 2.61. The Kier molecular flexibility index (Phi) is 3.21. The quantitative estimate of drug-likeness (QED) is 0.563. The summed E-state index contributed by atoms with van der Waals surface area (Å²) >= 11 is 5.78. The lowest BCUT2D eigenvalue weighted by Gasteiger charge is -2.19. The van der Waals surface area contributed by atoms with Crippen LogP contribution in [0.2, 0.25) is 0 Å². The van der Waals surface area contributed by atoms with Crippen molar-refractivity contribution in [2.24, 2.45) is 0 Å². The zero-order chi connectivity index (χ0) is 9.35. The highest BCUT2D eigenvalue weighted by atomic mass is 35.5. The predicted molar refractivity (Wildman–Crippen MR) is 49.0 cm³/mol. The Morgan fingerprint density at radius 2 is 2.25 bits per heavy atom. The molecule has 12 heavy (non-hydrogen) atoms. The predicted octanol–water partition coefficient (Wildman–Crippen LogP) is 2.02. The van der Waals surface area contributed by atoms with Crippen LogP contribution in [0.4, 0.5) is 0 Å². The molecule has 0 aromatic rings. The van der Waals surface area contributed by atoms with Crippen LogP contribution < -0.4 is 0 Å². The molecule has 0 radical (unpaired) electrons. The van der Waals surface area contributed by atoms with Gasteiger partial charge in [-0.15, -0.1) is 11.6 Å². The molecule has 1 aliphatic rings. The van der Waals surface area contributed by atoms with Crippen molar-refractivity contribution in [3.63, 3.8) is 0 Å². The summed E-state index contributed by atoms with van der Waals surface area (Å²) in [4.78, 5) is 0. The highest BCUT2D eigenvalue weighted by Gasteiger charge is 2.44. The molecule has 1 heterocycles. The van der Waals surface area contributed by atoms with Gasteiger partial charge in [0.1, 0.15) is 5.12 Å². The van der Waals surface area contributed by atoms with Crippen LogP contribution in [-0.4, -0.2) is 28.6 Å². The van der Waals surface area contributed by atoms with E-state index in [4.69, 9.17) is 16.1 Å². The summed E-state index contributed by atoms with van der Waals surface area (Å²) in [6.45, 7) is 3.63. The Morgan fingerprint density at radius 3 is 2.58 bits per heavy atom. The number of hydrogen-bond donors (Lipinski definition) is 1. The van der Waals surface area contributed by atoms with Crippen LogP contribution in [0.3, 0.4) is 0 Å². The molecular weight excluding hydrogens is 199 g/mol. The Bertz CT molecular complexity index is 207. The van der Waals surface area contributed by atoms with E-state index in [9.17, 15) is 9.67 Å². The zero-order valence-electron chi connectivity index (χ0n) is 7.24. The zero-order valence-corrected chi connectivity index (χ0v) is 8.89. The van der Waals surface area contributed by atoms with E-state index in [2.05, 4.69) is 0 Å². The van der Waals surface area contributed by atoms with Crippen LogP contribution in [-0.2, 0) is 9.09 Å². The average Bonchev–Trinajstić information content (AvgIpc) is 2.16. The van der Waals surface area contributed by atoms with Crippen LogP contribution in [0, 0.1) is 0 Å². The first-order valence-electron chi connectivity index (χ1n) is 4.05. The van der Waals surface area contributed by atoms with E-state index in [0.717, 1.165) is 0 Å². The normalized spacial score (nSPS) is 42.4. The maximum Gasteiger partial charge on any atom is 0.223 e. The molecule has 1 aliphatic heterocycles. The first-order chi connectivity index (χ1) is 5.46. The summed E-state index contributed by atoms with van der Waals surface area (Å²) in [7, 11) is -2.76. The van der Waals surface area contributed by atoms with Crippen LogP contribution >= 0.6 is 19.0 Å². The summed E-state index contributed by atoms with van der Waals surface area (Å²) < 4.78 is 17.1. The van der Waals surface area contributed by atoms with Gasteiger partial charge in [-0.25, -0.2) is 0 Å². The van der Waals surface area contributed by atoms with E-state index >= 15 is 0 Å². The van der Waals surface area contributed by atoms with Crippen molar-refractivity contribution in [2.45, 2.75) is 37.6 Å². The van der Waals surface area contributed by atoms with Crippen molar-refractivity contribution in [1.29, 1.82) is 0 Å². The summed E-state index contributed by atoms with van der Waals surface area (Å²) in [5.41, 5.74) is 0. The van der Waals surface area contributed by atoms with Gasteiger partial charge in [0.2, 0.25) is 7.37 Å². The maximum atomic E-state index is 11.9. The molecule has 1 rings (SSSR count). The smallest absolute Gasteiger partial charge is 0.223 e. The minimum atomic E-state index is -2.76. The second-order valence-electron chi connectivity index (χ2n) is 3.33. The highest BCUT2D eigenvalue weighted by molar-refractivity contribution is 7.62. The number of hydrogen-bond acceptors (Lipinski definition) is 3. The second kappa shape index (κ2) is 3.67. The second-order valence-corrected chi connectivity index (χ2v) is 6.77. The maximum absolute atomic E-state index is 11.9. The Labute approximate surface area is 77.5 Å². The third kappa shape index (κ3) is 2.02. The molecule has 0 aromatic carbocycles. The van der Waals surface area contributed by atoms with E-state index in [1.165, 1.54) is 0 Å². The molecule has 0 spiro atoms. The van der Waals surface area contributed by atoms with Crippen molar-refractivity contribution in [1.82, 2.24) is 0 Å². The molecule has 72 valence electrons. The minimum absolute atomic E-state index is 0.0950. The summed E-state index contributed by atoms with van der Waals surface area (Å²) in [6.07, 6.45) is 0.122. The summed E-state index contributed by atoms with van der Waals surface area (Å²) in [5, 5.41) is 8.55. The van der Waals surface area contributed by atoms with Gasteiger partial charge in [-0.2, -0.15) is 0 Å². The van der Waals surface area contributed by atoms with Crippen molar-refractivity contribution >= 4 is 19.0 Å². The molecule has 0 aromatic heterocycles. The first kappa shape index (κ1) is 10.5. The molecule has 3 nitrogen and oxygen atoms in total. The number of rotatable bonds is 2. The molecule has 5 heteroatoms. The molecule has 0 aliphatic carbocycles. The van der Waals surface area contributed by atoms with E-state index in [0.29, 0.717) is 12.6 Å². The molecular formula is C7H14ClO3P. The van der Waals surface area contributed by atoms with E-state index in [-0.39, 0.29) is 6.10 Å². The average molecular weight is 213 g/mol. The van der Waals surface area contributed by atoms with E-state index in [1.807, 2.05) is 13.8 Å². The fourth-order valence-corrected chi connectivity index (χ4v) is 4.34. The fourth-order valence-electron chi connectivity index (χ4n) is 1.30. The van der Waals surface area contributed by atoms with Crippen LogP contribution in [0.25, 0.3) is 0 Å². The number of halogens is 1. The molecule has 1 N–H and O–H groups in total. The molecule has 3 atom stereocenters. The van der Waals surface area contributed by atoms with Crippen molar-refractivity contribution in [3.05, 3.63) is 0 Å². The van der Waals surface area contributed by atoms with Crippen LogP contribution in [0.1, 0.15) is 20.3 Å². The number of aliphatic hydroxyl groups is 1. The summed E-state index contributed by atoms with van der Waals surface area (Å²) in [6, 6.07) is 0. The Morgan fingerprint density at radius 1 is 1.67 bits per heavy atom. The van der Waals surface area contributed by atoms with Crippen LogP contribution in [0.15, 0.2) is 0 Å². The Balaban J connectivity index is 2.66. The van der Waals surface area contributed by atoms with Crippen molar-refractivity contribution < 1.29 is 14.2 Å². The van der Waals surface area contributed by atoms with Gasteiger partial charge in [-0.3, -0.25) is 4.57 Å². The van der Waals surface area contributed by atoms with Gasteiger partial charge in [-0.05, 0) is 20.3 Å². The number of aliphatic hydroxyl groups excluding tert-OH is 1. The third-order valence-electron chi connectivity index (χ3n) is 1.82. The number of alkyl halides is 1. The first-order valence-corrected chi connectivity index (χ1v) is 6.36. The topological polar surface area (TPSA) is 46.5 Å². The monoisotopic (exact) mass is 212 g/mol. The molecule has 0 amide bonds. The van der Waals surface area contributed by atoms with Gasteiger partial charge < -0.3 is 9.63 Å². The van der Waals surface area contributed by atoms with Crippen molar-refractivity contribution in [2.75, 3.05) is 6.16 Å². The van der Waals surface area contributed by atoms with E-state index in [1.54, 1.807) is 0 Å². The van der Waals surface area contributed by atoms with Crippen LogP contribution in [0.5, 0.6) is 0 Å². The van der Waals surface area contributed by atoms with Gasteiger partial charge in [0.25, 0.3) is 0 Å². The lowest BCUT2D eigenvalue weighted by molar-refractivity contribution is 0.188. The fraction of sp³-hybridized carbons (Fsp3) is 1.00. The van der Waals surface area contributed by atoms with Gasteiger partial charge in [-0.1, -0.05) is 0 Å². The van der Waals surface area contributed by atoms with Gasteiger partial charge >= 0.3 is 0 Å². The largest absolute Gasteiger partial charge is 0.391 e.